The predicted octanol–water partition coefficient (Wildman–Crippen LogP) is 2.56. The van der Waals surface area contributed by atoms with E-state index in [-0.39, 0.29) is 22.1 Å². The van der Waals surface area contributed by atoms with Gasteiger partial charge in [-0.3, -0.25) is 4.79 Å². The molecule has 12 heavy (non-hydrogen) atoms. The molecule has 0 radical (unpaired) electrons. The number of halogens is 1. The summed E-state index contributed by atoms with van der Waals surface area (Å²) in [7, 11) is 0. The first-order chi connectivity index (χ1) is 5.54. The van der Waals surface area contributed by atoms with E-state index in [1.807, 2.05) is 0 Å². The Morgan fingerprint density at radius 1 is 1.50 bits per heavy atom. The Morgan fingerprint density at radius 2 is 2.08 bits per heavy atom. The number of hydrogen-bond acceptors (Lipinski definition) is 2. The summed E-state index contributed by atoms with van der Waals surface area (Å²) in [5.74, 6) is -0.307. The van der Waals surface area contributed by atoms with E-state index in [4.69, 9.17) is 11.6 Å². The van der Waals surface area contributed by atoms with Crippen LogP contribution in [0.5, 0.6) is 5.75 Å². The fourth-order valence-corrected chi connectivity index (χ4v) is 1.11. The second-order valence-electron chi connectivity index (χ2n) is 2.65. The number of rotatable bonds is 1. The van der Waals surface area contributed by atoms with Crippen molar-refractivity contribution in [3.8, 4) is 5.75 Å². The van der Waals surface area contributed by atoms with Gasteiger partial charge in [0.2, 0.25) is 0 Å². The molecule has 0 fully saturated rings. The van der Waals surface area contributed by atoms with Crippen LogP contribution in [0.4, 0.5) is 0 Å². The van der Waals surface area contributed by atoms with Crippen LogP contribution in [0.1, 0.15) is 22.8 Å². The third kappa shape index (κ3) is 1.43. The van der Waals surface area contributed by atoms with Crippen molar-refractivity contribution in [3.63, 3.8) is 0 Å². The van der Waals surface area contributed by atoms with Gasteiger partial charge in [-0.2, -0.15) is 0 Å². The molecule has 1 rings (SSSR count). The average Bonchev–Trinajstić information content (AvgIpc) is 2.00. The number of benzene rings is 1. The quantitative estimate of drug-likeness (QED) is 0.682. The lowest BCUT2D eigenvalue weighted by Gasteiger charge is -2.04. The highest BCUT2D eigenvalue weighted by Crippen LogP contribution is 2.30. The molecule has 1 aromatic carbocycles. The molecule has 64 valence electrons. The summed E-state index contributed by atoms with van der Waals surface area (Å²) >= 11 is 5.72. The third-order valence-corrected chi connectivity index (χ3v) is 2.17. The number of carbonyl (C=O) groups excluding carboxylic acids is 1. The number of carbonyl (C=O) groups is 1. The molecule has 0 aliphatic rings. The predicted molar refractivity (Wildman–Crippen MR) is 47.9 cm³/mol. The molecule has 0 aliphatic carbocycles. The Kier molecular flexibility index (Phi) is 2.38. The fourth-order valence-electron chi connectivity index (χ4n) is 0.950. The number of phenolic OH excluding ortho intramolecular Hbond substituents is 1. The van der Waals surface area contributed by atoms with Gasteiger partial charge in [0.1, 0.15) is 5.75 Å². The second-order valence-corrected chi connectivity index (χ2v) is 3.03. The normalized spacial score (nSPS) is 9.92. The number of ketones is 1. The lowest BCUT2D eigenvalue weighted by molar-refractivity contribution is 0.101. The van der Waals surface area contributed by atoms with Crippen LogP contribution in [0.15, 0.2) is 12.1 Å². The molecule has 0 bridgehead atoms. The molecule has 0 aromatic heterocycles. The van der Waals surface area contributed by atoms with Crippen molar-refractivity contribution in [3.05, 3.63) is 28.3 Å². The maximum atomic E-state index is 10.9. The minimum Gasteiger partial charge on any atom is -0.506 e. The average molecular weight is 185 g/mol. The van der Waals surface area contributed by atoms with E-state index in [1.165, 1.54) is 6.92 Å². The smallest absolute Gasteiger partial charge is 0.163 e. The van der Waals surface area contributed by atoms with Crippen LogP contribution in [0.25, 0.3) is 0 Å². The van der Waals surface area contributed by atoms with E-state index in [9.17, 15) is 9.90 Å². The van der Waals surface area contributed by atoms with Crippen LogP contribution in [0, 0.1) is 6.92 Å². The topological polar surface area (TPSA) is 37.3 Å². The highest BCUT2D eigenvalue weighted by atomic mass is 35.5. The van der Waals surface area contributed by atoms with Gasteiger partial charge in [0.25, 0.3) is 0 Å². The maximum Gasteiger partial charge on any atom is 0.163 e. The summed E-state index contributed by atoms with van der Waals surface area (Å²) in [4.78, 5) is 10.9. The first-order valence-electron chi connectivity index (χ1n) is 3.53. The van der Waals surface area contributed by atoms with E-state index in [0.717, 1.165) is 5.56 Å². The van der Waals surface area contributed by atoms with E-state index < -0.39 is 0 Å². The molecular weight excluding hydrogens is 176 g/mol. The number of Topliss-reactive ketones (excluding diaryl/α,β-unsaturated/α-hetero) is 1. The molecule has 0 spiro atoms. The molecule has 1 N–H and O–H groups in total. The van der Waals surface area contributed by atoms with Crippen LogP contribution in [0.3, 0.4) is 0 Å². The van der Waals surface area contributed by atoms with E-state index in [0.29, 0.717) is 0 Å². The van der Waals surface area contributed by atoms with Gasteiger partial charge in [-0.1, -0.05) is 17.7 Å². The Balaban J connectivity index is 3.36. The van der Waals surface area contributed by atoms with Crippen LogP contribution in [-0.2, 0) is 0 Å². The summed E-state index contributed by atoms with van der Waals surface area (Å²) in [5.41, 5.74) is 1.03. The molecule has 0 amide bonds. The van der Waals surface area contributed by atoms with E-state index >= 15 is 0 Å². The number of phenols is 1. The summed E-state index contributed by atoms with van der Waals surface area (Å²) in [6.07, 6.45) is 0. The summed E-state index contributed by atoms with van der Waals surface area (Å²) in [6.45, 7) is 3.16. The molecule has 3 heteroatoms. The van der Waals surface area contributed by atoms with Gasteiger partial charge >= 0.3 is 0 Å². The van der Waals surface area contributed by atoms with Crippen molar-refractivity contribution in [1.29, 1.82) is 0 Å². The van der Waals surface area contributed by atoms with Gasteiger partial charge in [0.15, 0.2) is 5.78 Å². The Labute approximate surface area is 75.8 Å². The standard InChI is InChI=1S/C9H9ClO2/c1-5-3-4-7(6(2)11)9(12)8(5)10/h3-4,12H,1-2H3. The molecule has 0 atom stereocenters. The third-order valence-electron chi connectivity index (χ3n) is 1.69. The van der Waals surface area contributed by atoms with Crippen molar-refractivity contribution in [2.75, 3.05) is 0 Å². The van der Waals surface area contributed by atoms with Gasteiger partial charge in [-0.05, 0) is 25.5 Å². The van der Waals surface area contributed by atoms with Crippen molar-refractivity contribution >= 4 is 17.4 Å². The first kappa shape index (κ1) is 9.07. The second kappa shape index (κ2) is 3.15. The van der Waals surface area contributed by atoms with Crippen molar-refractivity contribution < 1.29 is 9.90 Å². The SMILES string of the molecule is CC(=O)c1ccc(C)c(Cl)c1O. The Hall–Kier alpha value is -1.02. The van der Waals surface area contributed by atoms with E-state index in [2.05, 4.69) is 0 Å². The fraction of sp³-hybridized carbons (Fsp3) is 0.222. The molecule has 0 saturated heterocycles. The molecule has 0 aliphatic heterocycles. The van der Waals surface area contributed by atoms with Crippen LogP contribution in [0.2, 0.25) is 5.02 Å². The zero-order valence-electron chi connectivity index (χ0n) is 6.89. The van der Waals surface area contributed by atoms with Gasteiger partial charge in [-0.15, -0.1) is 0 Å². The zero-order chi connectivity index (χ0) is 9.30. The van der Waals surface area contributed by atoms with Crippen LogP contribution < -0.4 is 0 Å². The van der Waals surface area contributed by atoms with Gasteiger partial charge in [0, 0.05) is 0 Å². The van der Waals surface area contributed by atoms with E-state index in [1.54, 1.807) is 19.1 Å². The van der Waals surface area contributed by atoms with Crippen LogP contribution in [-0.4, -0.2) is 10.9 Å². The minimum atomic E-state index is -0.186. The molecule has 2 nitrogen and oxygen atoms in total. The lowest BCUT2D eigenvalue weighted by Crippen LogP contribution is -1.93. The molecule has 0 unspecified atom stereocenters. The summed E-state index contributed by atoms with van der Waals surface area (Å²) in [6, 6.07) is 3.28. The lowest BCUT2D eigenvalue weighted by atomic mass is 10.1. The van der Waals surface area contributed by atoms with Gasteiger partial charge in [-0.25, -0.2) is 0 Å². The van der Waals surface area contributed by atoms with Crippen molar-refractivity contribution in [2.24, 2.45) is 0 Å². The Morgan fingerprint density at radius 3 is 2.58 bits per heavy atom. The highest BCUT2D eigenvalue weighted by Gasteiger charge is 2.10. The zero-order valence-corrected chi connectivity index (χ0v) is 7.64. The number of aromatic hydroxyl groups is 1. The van der Waals surface area contributed by atoms with Crippen LogP contribution >= 0.6 is 11.6 Å². The largest absolute Gasteiger partial charge is 0.506 e. The van der Waals surface area contributed by atoms with Crippen molar-refractivity contribution in [1.82, 2.24) is 0 Å². The van der Waals surface area contributed by atoms with Gasteiger partial charge in [0.05, 0.1) is 10.6 Å². The molecular formula is C9H9ClO2. The molecule has 0 heterocycles. The Bertz CT molecular complexity index is 332. The molecule has 1 aromatic rings. The summed E-state index contributed by atoms with van der Waals surface area (Å²) < 4.78 is 0. The van der Waals surface area contributed by atoms with Crippen molar-refractivity contribution in [2.45, 2.75) is 13.8 Å². The number of aryl methyl sites for hydroxylation is 1. The number of hydrogen-bond donors (Lipinski definition) is 1. The minimum absolute atomic E-state index is 0.121. The first-order valence-corrected chi connectivity index (χ1v) is 3.91. The molecule has 0 saturated carbocycles. The van der Waals surface area contributed by atoms with Gasteiger partial charge < -0.3 is 5.11 Å². The monoisotopic (exact) mass is 184 g/mol. The summed E-state index contributed by atoms with van der Waals surface area (Å²) in [5, 5.41) is 9.65. The maximum absolute atomic E-state index is 10.9. The highest BCUT2D eigenvalue weighted by molar-refractivity contribution is 6.33.